The van der Waals surface area contributed by atoms with Gasteiger partial charge in [-0.3, -0.25) is 4.79 Å². The van der Waals surface area contributed by atoms with Gasteiger partial charge in [-0.1, -0.05) is 39.0 Å². The quantitative estimate of drug-likeness (QED) is 0.0708. The Morgan fingerprint density at radius 3 is 1.89 bits per heavy atom. The number of nitrogens with two attached hydrogens (primary N) is 1. The Labute approximate surface area is 262 Å². The van der Waals surface area contributed by atoms with Crippen LogP contribution in [0.1, 0.15) is 52.4 Å². The maximum absolute atomic E-state index is 12.2. The molecule has 3 aliphatic rings. The summed E-state index contributed by atoms with van der Waals surface area (Å²) in [5, 5.41) is 86.0. The van der Waals surface area contributed by atoms with E-state index >= 15 is 0 Å². The molecular formula is C28H52N2O15. The summed E-state index contributed by atoms with van der Waals surface area (Å²) in [7, 11) is 0. The predicted molar refractivity (Wildman–Crippen MR) is 152 cm³/mol. The molecule has 17 nitrogen and oxygen atoms in total. The van der Waals surface area contributed by atoms with Crippen LogP contribution < -0.4 is 11.1 Å². The van der Waals surface area contributed by atoms with E-state index in [0.29, 0.717) is 6.42 Å². The van der Waals surface area contributed by atoms with Gasteiger partial charge in [-0.05, 0) is 6.42 Å². The molecule has 0 aliphatic carbocycles. The molecule has 3 rings (SSSR count). The van der Waals surface area contributed by atoms with Crippen LogP contribution in [0.4, 0.5) is 0 Å². The maximum atomic E-state index is 12.2. The smallest absolute Gasteiger partial charge is 0.217 e. The first-order valence-electron chi connectivity index (χ1n) is 15.6. The minimum atomic E-state index is -1.78. The molecule has 3 heterocycles. The van der Waals surface area contributed by atoms with Crippen molar-refractivity contribution in [1.82, 2.24) is 5.32 Å². The largest absolute Gasteiger partial charge is 0.394 e. The van der Waals surface area contributed by atoms with Crippen molar-refractivity contribution in [2.75, 3.05) is 26.4 Å². The molecule has 264 valence electrons. The number of hydrogen-bond acceptors (Lipinski definition) is 16. The van der Waals surface area contributed by atoms with Gasteiger partial charge < -0.3 is 80.3 Å². The zero-order valence-electron chi connectivity index (χ0n) is 25.7. The number of aliphatic hydroxyl groups excluding tert-OH is 8. The second kappa shape index (κ2) is 18.4. The van der Waals surface area contributed by atoms with E-state index in [1.54, 1.807) is 0 Å². The van der Waals surface area contributed by atoms with Crippen LogP contribution in [0.5, 0.6) is 0 Å². The lowest BCUT2D eigenvalue weighted by molar-refractivity contribution is -0.371. The molecule has 0 aromatic heterocycles. The average Bonchev–Trinajstić information content (AvgIpc) is 3.02. The van der Waals surface area contributed by atoms with Gasteiger partial charge in [0, 0.05) is 20.1 Å². The number of carbonyl (C=O) groups is 1. The fraction of sp³-hybridized carbons (Fsp3) is 0.964. The first-order valence-corrected chi connectivity index (χ1v) is 15.6. The van der Waals surface area contributed by atoms with E-state index in [2.05, 4.69) is 12.2 Å². The molecule has 0 aromatic carbocycles. The van der Waals surface area contributed by atoms with Gasteiger partial charge in [-0.25, -0.2) is 0 Å². The number of carbonyl (C=O) groups excluding carboxylic acids is 1. The molecule has 0 spiro atoms. The monoisotopic (exact) mass is 656 g/mol. The minimum Gasteiger partial charge on any atom is -0.394 e. The topological polar surface area (TPSA) is 272 Å². The number of nitrogens with one attached hydrogen (secondary N) is 1. The average molecular weight is 657 g/mol. The van der Waals surface area contributed by atoms with Crippen LogP contribution in [0.3, 0.4) is 0 Å². The first-order chi connectivity index (χ1) is 21.5. The molecule has 11 N–H and O–H groups in total. The Kier molecular flexibility index (Phi) is 15.7. The van der Waals surface area contributed by atoms with Crippen LogP contribution in [0.2, 0.25) is 0 Å². The molecule has 0 unspecified atom stereocenters. The fourth-order valence-corrected chi connectivity index (χ4v) is 5.69. The van der Waals surface area contributed by atoms with E-state index < -0.39 is 111 Å². The molecule has 1 amide bonds. The second-order valence-corrected chi connectivity index (χ2v) is 11.7. The Balaban J connectivity index is 1.78. The van der Waals surface area contributed by atoms with Crippen molar-refractivity contribution in [3.05, 3.63) is 0 Å². The number of ether oxygens (including phenoxy) is 6. The molecule has 3 fully saturated rings. The molecule has 0 aromatic rings. The van der Waals surface area contributed by atoms with Crippen LogP contribution in [-0.4, -0.2) is 165 Å². The van der Waals surface area contributed by atoms with Gasteiger partial charge in [0.15, 0.2) is 18.9 Å². The van der Waals surface area contributed by atoms with E-state index in [1.807, 2.05) is 0 Å². The molecule has 3 saturated heterocycles. The molecule has 3 aliphatic heterocycles. The number of hydrogen-bond donors (Lipinski definition) is 10. The molecule has 0 radical (unpaired) electrons. The van der Waals surface area contributed by atoms with Gasteiger partial charge in [0.05, 0.1) is 13.2 Å². The summed E-state index contributed by atoms with van der Waals surface area (Å²) in [5.74, 6) is -0.621. The number of unbranched alkanes of at least 4 members (excludes halogenated alkanes) is 5. The van der Waals surface area contributed by atoms with Gasteiger partial charge in [-0.15, -0.1) is 0 Å². The standard InChI is InChI=1S/C28H52N2O15/c1-3-4-5-6-7-8-9-40-28-25(22(38)19(35)15(11-31)42-28)45-26-17(30-13(2)33)20(36)24(16(12-32)43-26)44-27-23(39)21(37)18(34)14(10-29)41-27/h14-28,31-32,34-39H,3-12,29H2,1-2H3,(H,30,33)/t14-,15-,16-,17-,18+,19-,20-,21+,22+,23-,24-,25+,26+,27+,28+/m1/s1. The Hall–Kier alpha value is -1.13. The highest BCUT2D eigenvalue weighted by atomic mass is 16.8. The summed E-state index contributed by atoms with van der Waals surface area (Å²) >= 11 is 0. The number of rotatable bonds is 16. The molecule has 15 atom stereocenters. The van der Waals surface area contributed by atoms with E-state index in [0.717, 1.165) is 39.0 Å². The Morgan fingerprint density at radius 2 is 1.27 bits per heavy atom. The lowest BCUT2D eigenvalue weighted by Gasteiger charge is -2.49. The van der Waals surface area contributed by atoms with E-state index in [1.165, 1.54) is 0 Å². The van der Waals surface area contributed by atoms with Crippen LogP contribution >= 0.6 is 0 Å². The summed E-state index contributed by atoms with van der Waals surface area (Å²) in [6.45, 7) is 1.87. The van der Waals surface area contributed by atoms with E-state index in [9.17, 15) is 45.6 Å². The minimum absolute atomic E-state index is 0.212. The fourth-order valence-electron chi connectivity index (χ4n) is 5.69. The number of aliphatic hydroxyl groups is 8. The van der Waals surface area contributed by atoms with Crippen molar-refractivity contribution in [2.24, 2.45) is 5.73 Å². The van der Waals surface area contributed by atoms with Gasteiger partial charge in [-0.2, -0.15) is 0 Å². The normalized spacial score (nSPS) is 42.4. The lowest BCUT2D eigenvalue weighted by Crippen LogP contribution is -2.69. The zero-order valence-corrected chi connectivity index (χ0v) is 25.7. The molecular weight excluding hydrogens is 604 g/mol. The molecule has 45 heavy (non-hydrogen) atoms. The number of amides is 1. The van der Waals surface area contributed by atoms with Crippen molar-refractivity contribution in [2.45, 2.75) is 144 Å². The van der Waals surface area contributed by atoms with Crippen molar-refractivity contribution < 1.29 is 74.1 Å². The van der Waals surface area contributed by atoms with Gasteiger partial charge in [0.2, 0.25) is 5.91 Å². The Bertz CT molecular complexity index is 874. The van der Waals surface area contributed by atoms with Gasteiger partial charge >= 0.3 is 0 Å². The summed E-state index contributed by atoms with van der Waals surface area (Å²) in [6.07, 6.45) is -15.1. The third-order valence-corrected chi connectivity index (χ3v) is 8.31. The van der Waals surface area contributed by atoms with Crippen molar-refractivity contribution in [1.29, 1.82) is 0 Å². The molecule has 0 bridgehead atoms. The highest BCUT2D eigenvalue weighted by Crippen LogP contribution is 2.33. The van der Waals surface area contributed by atoms with Crippen molar-refractivity contribution >= 4 is 5.91 Å². The predicted octanol–water partition coefficient (Wildman–Crippen LogP) is -4.08. The van der Waals surface area contributed by atoms with Crippen molar-refractivity contribution in [3.8, 4) is 0 Å². The third kappa shape index (κ3) is 9.71. The summed E-state index contributed by atoms with van der Waals surface area (Å²) in [4.78, 5) is 12.2. The molecule has 0 saturated carbocycles. The van der Waals surface area contributed by atoms with Gasteiger partial charge in [0.1, 0.15) is 73.2 Å². The van der Waals surface area contributed by atoms with E-state index in [-0.39, 0.29) is 13.2 Å². The summed E-state index contributed by atoms with van der Waals surface area (Å²) in [5.41, 5.74) is 5.59. The lowest BCUT2D eigenvalue weighted by atomic mass is 9.94. The van der Waals surface area contributed by atoms with Crippen LogP contribution in [0, 0.1) is 0 Å². The third-order valence-electron chi connectivity index (χ3n) is 8.31. The highest BCUT2D eigenvalue weighted by Gasteiger charge is 2.54. The SMILES string of the molecule is CCCCCCCCO[C@H]1O[C@H](CO)[C@@H](O)[C@H](O)[C@@H]1O[C@@H]1O[C@H](CO)[C@@H](O[C@@H]2O[C@H](CN)[C@H](O)[C@H](O)[C@H]2O)[C@H](O)[C@H]1NC(C)=O. The van der Waals surface area contributed by atoms with Crippen LogP contribution in [0.25, 0.3) is 0 Å². The van der Waals surface area contributed by atoms with Crippen LogP contribution in [-0.2, 0) is 33.2 Å². The summed E-state index contributed by atoms with van der Waals surface area (Å²) in [6, 6.07) is -1.41. The second-order valence-electron chi connectivity index (χ2n) is 11.7. The van der Waals surface area contributed by atoms with Gasteiger partial charge in [0.25, 0.3) is 0 Å². The van der Waals surface area contributed by atoms with E-state index in [4.69, 9.17) is 34.2 Å². The Morgan fingerprint density at radius 1 is 0.689 bits per heavy atom. The van der Waals surface area contributed by atoms with Crippen LogP contribution in [0.15, 0.2) is 0 Å². The zero-order chi connectivity index (χ0) is 33.3. The summed E-state index contributed by atoms with van der Waals surface area (Å²) < 4.78 is 34.7. The maximum Gasteiger partial charge on any atom is 0.217 e. The van der Waals surface area contributed by atoms with Crippen molar-refractivity contribution in [3.63, 3.8) is 0 Å². The first kappa shape index (κ1) is 38.3. The highest BCUT2D eigenvalue weighted by molar-refractivity contribution is 5.73. The molecule has 17 heteroatoms.